The first-order valence-corrected chi connectivity index (χ1v) is 5.29. The van der Waals surface area contributed by atoms with Gasteiger partial charge in [-0.1, -0.05) is 6.92 Å². The number of nitrogens with one attached hydrogen (secondary N) is 1. The van der Waals surface area contributed by atoms with Crippen LogP contribution < -0.4 is 4.74 Å². The number of hydrogen-bond donors (Lipinski definition) is 1. The van der Waals surface area contributed by atoms with Crippen LogP contribution in [0.4, 0.5) is 0 Å². The summed E-state index contributed by atoms with van der Waals surface area (Å²) in [5.74, 6) is 0.625. The minimum Gasteiger partial charge on any atom is -0.475 e. The topological polar surface area (TPSA) is 60.0 Å². The summed E-state index contributed by atoms with van der Waals surface area (Å²) >= 11 is 0. The average molecular weight is 221 g/mol. The number of aromatic amines is 1. The molecule has 16 heavy (non-hydrogen) atoms. The molecule has 0 spiro atoms. The first-order chi connectivity index (χ1) is 7.86. The Kier molecular flexibility index (Phi) is 3.36. The molecule has 0 bridgehead atoms. The smallest absolute Gasteiger partial charge is 0.226 e. The average Bonchev–Trinajstić information content (AvgIpc) is 2.73. The van der Waals surface area contributed by atoms with E-state index < -0.39 is 0 Å². The lowest BCUT2D eigenvalue weighted by molar-refractivity contribution is 0.144. The number of methoxy groups -OCH3 is 1. The van der Waals surface area contributed by atoms with Gasteiger partial charge < -0.3 is 14.5 Å². The molecule has 2 rings (SSSR count). The number of aromatic nitrogens is 3. The van der Waals surface area contributed by atoms with Crippen molar-refractivity contribution >= 4 is 11.0 Å². The summed E-state index contributed by atoms with van der Waals surface area (Å²) in [6, 6.07) is 0. The Morgan fingerprint density at radius 3 is 2.94 bits per heavy atom. The van der Waals surface area contributed by atoms with Gasteiger partial charge in [0.15, 0.2) is 0 Å². The Labute approximate surface area is 93.8 Å². The van der Waals surface area contributed by atoms with E-state index in [1.54, 1.807) is 7.11 Å². The third kappa shape index (κ3) is 1.99. The maximum absolute atomic E-state index is 5.56. The highest BCUT2D eigenvalue weighted by Crippen LogP contribution is 2.25. The minimum absolute atomic E-state index is 0.497. The second-order valence-electron chi connectivity index (χ2n) is 3.41. The predicted octanol–water partition coefficient (Wildman–Crippen LogP) is 1.55. The molecule has 0 atom stereocenters. The van der Waals surface area contributed by atoms with Crippen molar-refractivity contribution in [3.05, 3.63) is 18.1 Å². The van der Waals surface area contributed by atoms with Crippen LogP contribution in [0.5, 0.6) is 5.88 Å². The lowest BCUT2D eigenvalue weighted by atomic mass is 10.2. The first kappa shape index (κ1) is 10.9. The van der Waals surface area contributed by atoms with Crippen LogP contribution in [0.1, 0.15) is 12.5 Å². The molecule has 0 fully saturated rings. The lowest BCUT2D eigenvalue weighted by Crippen LogP contribution is -2.06. The van der Waals surface area contributed by atoms with Gasteiger partial charge in [-0.2, -0.15) is 0 Å². The second kappa shape index (κ2) is 4.94. The van der Waals surface area contributed by atoms with Gasteiger partial charge in [0.25, 0.3) is 0 Å². The van der Waals surface area contributed by atoms with Gasteiger partial charge >= 0.3 is 0 Å². The fourth-order valence-electron chi connectivity index (χ4n) is 1.61. The van der Waals surface area contributed by atoms with Crippen LogP contribution in [0.2, 0.25) is 0 Å². The molecule has 5 heteroatoms. The van der Waals surface area contributed by atoms with E-state index in [1.807, 2.05) is 6.20 Å². The molecule has 0 saturated carbocycles. The normalized spacial score (nSPS) is 10.9. The van der Waals surface area contributed by atoms with Crippen molar-refractivity contribution in [3.63, 3.8) is 0 Å². The summed E-state index contributed by atoms with van der Waals surface area (Å²) in [5, 5.41) is 0.973. The van der Waals surface area contributed by atoms with Crippen molar-refractivity contribution in [2.24, 2.45) is 0 Å². The molecule has 0 saturated heterocycles. The Morgan fingerprint density at radius 1 is 1.31 bits per heavy atom. The van der Waals surface area contributed by atoms with E-state index in [2.05, 4.69) is 21.9 Å². The van der Waals surface area contributed by atoms with E-state index in [0.29, 0.717) is 19.1 Å². The van der Waals surface area contributed by atoms with Crippen LogP contribution in [0.15, 0.2) is 12.5 Å². The van der Waals surface area contributed by atoms with E-state index in [9.17, 15) is 0 Å². The molecular weight excluding hydrogens is 206 g/mol. The second-order valence-corrected chi connectivity index (χ2v) is 3.41. The third-order valence-electron chi connectivity index (χ3n) is 2.42. The standard InChI is InChI=1S/C11H15N3O2/c1-3-8-6-12-10-9(8)11(14-7-13-10)16-5-4-15-2/h6-7H,3-5H2,1-2H3,(H,12,13,14). The van der Waals surface area contributed by atoms with Gasteiger partial charge in [0, 0.05) is 13.3 Å². The molecule has 0 amide bonds. The third-order valence-corrected chi connectivity index (χ3v) is 2.42. The van der Waals surface area contributed by atoms with Crippen LogP contribution in [0.3, 0.4) is 0 Å². The minimum atomic E-state index is 0.497. The summed E-state index contributed by atoms with van der Waals surface area (Å²) in [6.07, 6.45) is 4.37. The Balaban J connectivity index is 2.31. The summed E-state index contributed by atoms with van der Waals surface area (Å²) in [5.41, 5.74) is 1.99. The zero-order chi connectivity index (χ0) is 11.4. The van der Waals surface area contributed by atoms with E-state index >= 15 is 0 Å². The van der Waals surface area contributed by atoms with Crippen molar-refractivity contribution in [1.82, 2.24) is 15.0 Å². The lowest BCUT2D eigenvalue weighted by Gasteiger charge is -2.05. The number of nitrogens with zero attached hydrogens (tertiary/aromatic N) is 2. The molecule has 0 aliphatic rings. The van der Waals surface area contributed by atoms with Gasteiger partial charge in [0.05, 0.1) is 12.0 Å². The monoisotopic (exact) mass is 221 g/mol. The van der Waals surface area contributed by atoms with Gasteiger partial charge in [-0.3, -0.25) is 0 Å². The number of aryl methyl sites for hydroxylation is 1. The van der Waals surface area contributed by atoms with Crippen molar-refractivity contribution < 1.29 is 9.47 Å². The van der Waals surface area contributed by atoms with Gasteiger partial charge in [-0.05, 0) is 12.0 Å². The van der Waals surface area contributed by atoms with Crippen molar-refractivity contribution in [3.8, 4) is 5.88 Å². The highest BCUT2D eigenvalue weighted by molar-refractivity contribution is 5.84. The van der Waals surface area contributed by atoms with Gasteiger partial charge in [-0.25, -0.2) is 9.97 Å². The SMILES string of the molecule is CCc1c[nH]c2ncnc(OCCOC)c12. The summed E-state index contributed by atoms with van der Waals surface area (Å²) in [4.78, 5) is 11.4. The highest BCUT2D eigenvalue weighted by atomic mass is 16.5. The zero-order valence-corrected chi connectivity index (χ0v) is 9.49. The Bertz CT molecular complexity index is 467. The Hall–Kier alpha value is -1.62. The van der Waals surface area contributed by atoms with E-state index in [-0.39, 0.29) is 0 Å². The molecule has 0 aliphatic heterocycles. The quantitative estimate of drug-likeness (QED) is 0.778. The van der Waals surface area contributed by atoms with Crippen molar-refractivity contribution in [2.45, 2.75) is 13.3 Å². The molecule has 2 heterocycles. The summed E-state index contributed by atoms with van der Waals surface area (Å²) in [7, 11) is 1.65. The molecule has 2 aromatic heterocycles. The van der Waals surface area contributed by atoms with Gasteiger partial charge in [-0.15, -0.1) is 0 Å². The van der Waals surface area contributed by atoms with E-state index in [0.717, 1.165) is 17.5 Å². The van der Waals surface area contributed by atoms with Crippen LogP contribution in [0, 0.1) is 0 Å². The first-order valence-electron chi connectivity index (χ1n) is 5.29. The highest BCUT2D eigenvalue weighted by Gasteiger charge is 2.10. The van der Waals surface area contributed by atoms with E-state index in [1.165, 1.54) is 11.9 Å². The Morgan fingerprint density at radius 2 is 2.19 bits per heavy atom. The summed E-state index contributed by atoms with van der Waals surface area (Å²) in [6.45, 7) is 3.14. The molecule has 0 unspecified atom stereocenters. The summed E-state index contributed by atoms with van der Waals surface area (Å²) < 4.78 is 10.5. The molecule has 1 N–H and O–H groups in total. The molecule has 5 nitrogen and oxygen atoms in total. The molecule has 2 aromatic rings. The van der Waals surface area contributed by atoms with Crippen LogP contribution in [0.25, 0.3) is 11.0 Å². The van der Waals surface area contributed by atoms with Crippen LogP contribution in [-0.2, 0) is 11.2 Å². The van der Waals surface area contributed by atoms with Gasteiger partial charge in [0.2, 0.25) is 5.88 Å². The molecule has 86 valence electrons. The van der Waals surface area contributed by atoms with Crippen LogP contribution >= 0.6 is 0 Å². The maximum Gasteiger partial charge on any atom is 0.226 e. The molecular formula is C11H15N3O2. The number of rotatable bonds is 5. The molecule has 0 aliphatic carbocycles. The fourth-order valence-corrected chi connectivity index (χ4v) is 1.61. The van der Waals surface area contributed by atoms with Crippen molar-refractivity contribution in [1.29, 1.82) is 0 Å². The number of hydrogen-bond acceptors (Lipinski definition) is 4. The van der Waals surface area contributed by atoms with Gasteiger partial charge in [0.1, 0.15) is 18.6 Å². The fraction of sp³-hybridized carbons (Fsp3) is 0.455. The van der Waals surface area contributed by atoms with Crippen LogP contribution in [-0.4, -0.2) is 35.3 Å². The number of ether oxygens (including phenoxy) is 2. The van der Waals surface area contributed by atoms with Crippen molar-refractivity contribution in [2.75, 3.05) is 20.3 Å². The number of fused-ring (bicyclic) bond motifs is 1. The largest absolute Gasteiger partial charge is 0.475 e. The predicted molar refractivity (Wildman–Crippen MR) is 60.6 cm³/mol. The number of H-pyrrole nitrogens is 1. The maximum atomic E-state index is 5.56. The van der Waals surface area contributed by atoms with E-state index in [4.69, 9.17) is 9.47 Å². The molecule has 0 radical (unpaired) electrons. The molecule has 0 aromatic carbocycles. The zero-order valence-electron chi connectivity index (χ0n) is 9.49.